The average Bonchev–Trinajstić information content (AvgIpc) is 2.89. The molecule has 1 unspecified atom stereocenters. The van der Waals surface area contributed by atoms with E-state index in [1.54, 1.807) is 6.07 Å². The molecule has 0 aliphatic heterocycles. The SMILES string of the molecule is CCC(NC)c1ccc(-c2cc(C(F)(F)F)ccc2F)s1. The highest BCUT2D eigenvalue weighted by Crippen LogP contribution is 2.37. The second kappa shape index (κ2) is 6.15. The minimum Gasteiger partial charge on any atom is -0.312 e. The Labute approximate surface area is 124 Å². The molecule has 1 nitrogen and oxygen atoms in total. The molecule has 0 saturated carbocycles. The lowest BCUT2D eigenvalue weighted by molar-refractivity contribution is -0.137. The standard InChI is InChI=1S/C15H15F4NS/c1-3-12(20-2)14-7-6-13(21-14)10-8-9(15(17,18)19)4-5-11(10)16/h4-8,12,20H,3H2,1-2H3. The lowest BCUT2D eigenvalue weighted by Gasteiger charge is -2.11. The van der Waals surface area contributed by atoms with Crippen molar-refractivity contribution in [1.29, 1.82) is 0 Å². The summed E-state index contributed by atoms with van der Waals surface area (Å²) in [6.45, 7) is 2.01. The predicted octanol–water partition coefficient (Wildman–Crippen LogP) is 5.24. The molecular weight excluding hydrogens is 302 g/mol. The van der Waals surface area contributed by atoms with Gasteiger partial charge in [0.2, 0.25) is 0 Å². The summed E-state index contributed by atoms with van der Waals surface area (Å²) in [4.78, 5) is 1.48. The molecule has 2 aromatic rings. The topological polar surface area (TPSA) is 12.0 Å². The second-order valence-electron chi connectivity index (χ2n) is 4.64. The maximum absolute atomic E-state index is 13.8. The zero-order valence-corrected chi connectivity index (χ0v) is 12.4. The molecule has 0 fully saturated rings. The fourth-order valence-electron chi connectivity index (χ4n) is 2.12. The predicted molar refractivity (Wildman–Crippen MR) is 76.8 cm³/mol. The number of hydrogen-bond acceptors (Lipinski definition) is 2. The zero-order valence-electron chi connectivity index (χ0n) is 11.6. The summed E-state index contributed by atoms with van der Waals surface area (Å²) in [5.74, 6) is -0.645. The summed E-state index contributed by atoms with van der Waals surface area (Å²) in [5, 5.41) is 3.12. The maximum Gasteiger partial charge on any atom is 0.416 e. The molecule has 0 saturated heterocycles. The van der Waals surface area contributed by atoms with Gasteiger partial charge in [-0.3, -0.25) is 0 Å². The number of nitrogens with one attached hydrogen (secondary N) is 1. The van der Waals surface area contributed by atoms with Gasteiger partial charge in [-0.15, -0.1) is 11.3 Å². The van der Waals surface area contributed by atoms with E-state index in [0.29, 0.717) is 4.88 Å². The molecule has 6 heteroatoms. The van der Waals surface area contributed by atoms with E-state index in [9.17, 15) is 17.6 Å². The first-order valence-corrected chi connectivity index (χ1v) is 7.32. The number of halogens is 4. The minimum absolute atomic E-state index is 0.00738. The van der Waals surface area contributed by atoms with Gasteiger partial charge >= 0.3 is 6.18 Å². The van der Waals surface area contributed by atoms with Crippen molar-refractivity contribution >= 4 is 11.3 Å². The normalized spacial score (nSPS) is 13.4. The van der Waals surface area contributed by atoms with E-state index in [2.05, 4.69) is 5.32 Å². The van der Waals surface area contributed by atoms with E-state index in [0.717, 1.165) is 29.5 Å². The minimum atomic E-state index is -4.47. The van der Waals surface area contributed by atoms with Crippen molar-refractivity contribution in [3.63, 3.8) is 0 Å². The summed E-state index contributed by atoms with van der Waals surface area (Å²) >= 11 is 1.31. The summed E-state index contributed by atoms with van der Waals surface area (Å²) in [6.07, 6.45) is -3.62. The van der Waals surface area contributed by atoms with Gasteiger partial charge in [0.15, 0.2) is 0 Å². The van der Waals surface area contributed by atoms with Gasteiger partial charge in [-0.2, -0.15) is 13.2 Å². The Bertz CT molecular complexity index is 614. The van der Waals surface area contributed by atoms with Gasteiger partial charge in [0.05, 0.1) is 5.56 Å². The van der Waals surface area contributed by atoms with Crippen LogP contribution in [0.1, 0.15) is 29.8 Å². The quantitative estimate of drug-likeness (QED) is 0.760. The Morgan fingerprint density at radius 1 is 1.19 bits per heavy atom. The van der Waals surface area contributed by atoms with E-state index >= 15 is 0 Å². The Balaban J connectivity index is 2.42. The van der Waals surface area contributed by atoms with Crippen molar-refractivity contribution in [3.8, 4) is 10.4 Å². The summed E-state index contributed by atoms with van der Waals surface area (Å²) in [7, 11) is 1.82. The smallest absolute Gasteiger partial charge is 0.312 e. The molecule has 21 heavy (non-hydrogen) atoms. The first-order valence-electron chi connectivity index (χ1n) is 6.51. The average molecular weight is 317 g/mol. The van der Waals surface area contributed by atoms with E-state index in [1.165, 1.54) is 11.3 Å². The summed E-state index contributed by atoms with van der Waals surface area (Å²) in [5.41, 5.74) is -0.846. The van der Waals surface area contributed by atoms with Gasteiger partial charge in [0, 0.05) is 21.4 Å². The van der Waals surface area contributed by atoms with Crippen LogP contribution in [0.15, 0.2) is 30.3 Å². The number of benzene rings is 1. The molecule has 0 amide bonds. The molecule has 1 atom stereocenters. The van der Waals surface area contributed by atoms with Crippen molar-refractivity contribution in [3.05, 3.63) is 46.6 Å². The van der Waals surface area contributed by atoms with E-state index in [4.69, 9.17) is 0 Å². The molecular formula is C15H15F4NS. The molecule has 1 aromatic heterocycles. The van der Waals surface area contributed by atoms with Crippen molar-refractivity contribution in [2.75, 3.05) is 7.05 Å². The van der Waals surface area contributed by atoms with Crippen molar-refractivity contribution in [2.24, 2.45) is 0 Å². The molecule has 1 aromatic carbocycles. The molecule has 1 heterocycles. The number of rotatable bonds is 4. The molecule has 0 bridgehead atoms. The lowest BCUT2D eigenvalue weighted by atomic mass is 10.1. The fourth-order valence-corrected chi connectivity index (χ4v) is 3.34. The van der Waals surface area contributed by atoms with Gasteiger partial charge < -0.3 is 5.32 Å². The van der Waals surface area contributed by atoms with Crippen LogP contribution in [0.3, 0.4) is 0 Å². The number of alkyl halides is 3. The lowest BCUT2D eigenvalue weighted by Crippen LogP contribution is -2.13. The summed E-state index contributed by atoms with van der Waals surface area (Å²) < 4.78 is 52.0. The van der Waals surface area contributed by atoms with Crippen LogP contribution >= 0.6 is 11.3 Å². The molecule has 0 radical (unpaired) electrons. The molecule has 0 aliphatic carbocycles. The van der Waals surface area contributed by atoms with Crippen LogP contribution in [0.4, 0.5) is 17.6 Å². The van der Waals surface area contributed by atoms with Crippen molar-refractivity contribution in [1.82, 2.24) is 5.32 Å². The molecule has 114 valence electrons. The zero-order chi connectivity index (χ0) is 15.6. The highest BCUT2D eigenvalue weighted by molar-refractivity contribution is 7.15. The van der Waals surface area contributed by atoms with Gasteiger partial charge in [-0.25, -0.2) is 4.39 Å². The summed E-state index contributed by atoms with van der Waals surface area (Å²) in [6, 6.07) is 6.11. The van der Waals surface area contributed by atoms with Gasteiger partial charge in [0.25, 0.3) is 0 Å². The second-order valence-corrected chi connectivity index (χ2v) is 5.76. The van der Waals surface area contributed by atoms with Crippen LogP contribution in [0, 0.1) is 5.82 Å². The Morgan fingerprint density at radius 3 is 2.48 bits per heavy atom. The Hall–Kier alpha value is -1.40. The van der Waals surface area contributed by atoms with Crippen molar-refractivity contribution < 1.29 is 17.6 Å². The largest absolute Gasteiger partial charge is 0.416 e. The number of hydrogen-bond donors (Lipinski definition) is 1. The molecule has 1 N–H and O–H groups in total. The van der Waals surface area contributed by atoms with E-state index in [-0.39, 0.29) is 11.6 Å². The molecule has 0 spiro atoms. The third-order valence-corrected chi connectivity index (χ3v) is 4.52. The van der Waals surface area contributed by atoms with Crippen LogP contribution in [0.25, 0.3) is 10.4 Å². The fraction of sp³-hybridized carbons (Fsp3) is 0.333. The van der Waals surface area contributed by atoms with Gasteiger partial charge in [-0.05, 0) is 43.8 Å². The van der Waals surface area contributed by atoms with E-state index < -0.39 is 17.6 Å². The van der Waals surface area contributed by atoms with Crippen LogP contribution in [0.2, 0.25) is 0 Å². The van der Waals surface area contributed by atoms with Gasteiger partial charge in [0.1, 0.15) is 5.82 Å². The molecule has 2 rings (SSSR count). The first-order chi connectivity index (χ1) is 9.86. The number of thiophene rings is 1. The van der Waals surface area contributed by atoms with Crippen LogP contribution in [0.5, 0.6) is 0 Å². The first kappa shape index (κ1) is 16.0. The maximum atomic E-state index is 13.8. The van der Waals surface area contributed by atoms with Crippen LogP contribution in [-0.2, 0) is 6.18 Å². The monoisotopic (exact) mass is 317 g/mol. The van der Waals surface area contributed by atoms with Crippen LogP contribution < -0.4 is 5.32 Å². The van der Waals surface area contributed by atoms with Gasteiger partial charge in [-0.1, -0.05) is 6.92 Å². The highest BCUT2D eigenvalue weighted by Gasteiger charge is 2.31. The van der Waals surface area contributed by atoms with Crippen LogP contribution in [-0.4, -0.2) is 7.05 Å². The molecule has 0 aliphatic rings. The Kier molecular flexibility index (Phi) is 4.68. The highest BCUT2D eigenvalue weighted by atomic mass is 32.1. The van der Waals surface area contributed by atoms with Crippen molar-refractivity contribution in [2.45, 2.75) is 25.6 Å². The third-order valence-electron chi connectivity index (χ3n) is 3.29. The van der Waals surface area contributed by atoms with E-state index in [1.807, 2.05) is 20.0 Å². The third kappa shape index (κ3) is 3.44. The Morgan fingerprint density at radius 2 is 1.90 bits per heavy atom.